The lowest BCUT2D eigenvalue weighted by molar-refractivity contribution is 1.28. The highest BCUT2D eigenvalue weighted by atomic mass is 14.9. The first-order chi connectivity index (χ1) is 7.93. The molecule has 16 heavy (non-hydrogen) atoms. The van der Waals surface area contributed by atoms with Crippen LogP contribution >= 0.6 is 0 Å². The van der Waals surface area contributed by atoms with Crippen LogP contribution in [-0.2, 0) is 0 Å². The molecule has 1 aromatic carbocycles. The summed E-state index contributed by atoms with van der Waals surface area (Å²) in [4.78, 5) is 14.5. The lowest BCUT2D eigenvalue weighted by Gasteiger charge is -2.07. The van der Waals surface area contributed by atoms with Crippen molar-refractivity contribution in [2.24, 2.45) is 0 Å². The van der Waals surface area contributed by atoms with E-state index < -0.39 is 0 Å². The molecule has 0 spiro atoms. The van der Waals surface area contributed by atoms with Crippen LogP contribution in [0.2, 0.25) is 0 Å². The third-order valence-corrected chi connectivity index (χ3v) is 2.30. The van der Waals surface area contributed by atoms with E-state index in [1.807, 2.05) is 18.2 Å². The molecule has 2 N–H and O–H groups in total. The minimum absolute atomic E-state index is 0.813. The van der Waals surface area contributed by atoms with E-state index in [4.69, 9.17) is 0 Å². The molecule has 0 amide bonds. The number of nitrogens with zero attached hydrogens (tertiary/aromatic N) is 2. The van der Waals surface area contributed by atoms with E-state index >= 15 is 0 Å². The van der Waals surface area contributed by atoms with E-state index in [1.165, 1.54) is 0 Å². The molecule has 0 saturated heterocycles. The van der Waals surface area contributed by atoms with Crippen molar-refractivity contribution in [3.8, 4) is 22.8 Å². The predicted molar refractivity (Wildman–Crippen MR) is 60.4 cm³/mol. The third-order valence-electron chi connectivity index (χ3n) is 2.30. The number of imidazole rings is 2. The van der Waals surface area contributed by atoms with Crippen molar-refractivity contribution in [2.45, 2.75) is 0 Å². The number of rotatable bonds is 2. The standard InChI is InChI=1S/C12H9N4/c1-2-9(11-13-4-5-14-11)8-10(3-1)12-15-6-7-16-12/h1-7H,(H,13,14)(H,15,16)/q-1. The summed E-state index contributed by atoms with van der Waals surface area (Å²) in [5.74, 6) is 1.63. The number of H-pyrrole nitrogens is 2. The first-order valence-electron chi connectivity index (χ1n) is 4.95. The van der Waals surface area contributed by atoms with Crippen LogP contribution in [0.5, 0.6) is 0 Å². The summed E-state index contributed by atoms with van der Waals surface area (Å²) in [6, 6.07) is 9.15. The molecule has 78 valence electrons. The maximum absolute atomic E-state index is 4.19. The van der Waals surface area contributed by atoms with Gasteiger partial charge in [0.1, 0.15) is 0 Å². The van der Waals surface area contributed by atoms with Gasteiger partial charge in [0.15, 0.2) is 0 Å². The second-order valence-electron chi connectivity index (χ2n) is 3.35. The molecule has 0 aliphatic heterocycles. The van der Waals surface area contributed by atoms with Gasteiger partial charge in [-0.15, -0.1) is 24.3 Å². The van der Waals surface area contributed by atoms with Crippen molar-refractivity contribution in [1.82, 2.24) is 19.9 Å². The van der Waals surface area contributed by atoms with E-state index in [0.717, 1.165) is 22.8 Å². The number of nitrogens with one attached hydrogen (secondary N) is 2. The van der Waals surface area contributed by atoms with Gasteiger partial charge in [-0.2, -0.15) is 0 Å². The van der Waals surface area contributed by atoms with Gasteiger partial charge in [-0.1, -0.05) is 11.1 Å². The van der Waals surface area contributed by atoms with E-state index in [2.05, 4.69) is 26.0 Å². The van der Waals surface area contributed by atoms with Gasteiger partial charge in [-0.3, -0.25) is 9.97 Å². The third kappa shape index (κ3) is 1.50. The summed E-state index contributed by atoms with van der Waals surface area (Å²) in [5, 5.41) is 0. The molecule has 0 bridgehead atoms. The van der Waals surface area contributed by atoms with E-state index in [-0.39, 0.29) is 0 Å². The van der Waals surface area contributed by atoms with Crippen molar-refractivity contribution >= 4 is 0 Å². The monoisotopic (exact) mass is 209 g/mol. The van der Waals surface area contributed by atoms with Gasteiger partial charge in [0.2, 0.25) is 0 Å². The average Bonchev–Trinajstić information content (AvgIpc) is 3.03. The minimum atomic E-state index is 0.813. The van der Waals surface area contributed by atoms with Crippen LogP contribution in [-0.4, -0.2) is 19.9 Å². The average molecular weight is 209 g/mol. The molecule has 2 heterocycles. The van der Waals surface area contributed by atoms with Crippen LogP contribution in [0.25, 0.3) is 22.8 Å². The summed E-state index contributed by atoms with van der Waals surface area (Å²) in [5.41, 5.74) is 1.86. The molecule has 0 saturated carbocycles. The molecule has 4 nitrogen and oxygen atoms in total. The lowest BCUT2D eigenvalue weighted by Crippen LogP contribution is -1.84. The van der Waals surface area contributed by atoms with Gasteiger partial charge in [-0.25, -0.2) is 0 Å². The lowest BCUT2D eigenvalue weighted by atomic mass is 10.1. The fourth-order valence-corrected chi connectivity index (χ4v) is 1.57. The molecule has 4 heteroatoms. The Labute approximate surface area is 92.4 Å². The van der Waals surface area contributed by atoms with Gasteiger partial charge in [0, 0.05) is 24.8 Å². The Morgan fingerprint density at radius 1 is 0.875 bits per heavy atom. The molecule has 0 unspecified atom stereocenters. The zero-order valence-corrected chi connectivity index (χ0v) is 8.44. The smallest absolute Gasteiger partial charge is 0.0703 e. The fraction of sp³-hybridized carbons (Fsp3) is 0. The fourth-order valence-electron chi connectivity index (χ4n) is 1.57. The van der Waals surface area contributed by atoms with Crippen molar-refractivity contribution in [3.63, 3.8) is 0 Å². The summed E-state index contributed by atoms with van der Waals surface area (Å²) in [6.07, 6.45) is 7.04. The van der Waals surface area contributed by atoms with Gasteiger partial charge in [0.05, 0.1) is 11.6 Å². The molecular formula is C12H9N4-. The number of hydrogen-bond donors (Lipinski definition) is 2. The van der Waals surface area contributed by atoms with Crippen LogP contribution in [0.4, 0.5) is 0 Å². The highest BCUT2D eigenvalue weighted by Crippen LogP contribution is 2.20. The summed E-state index contributed by atoms with van der Waals surface area (Å²) >= 11 is 0. The molecule has 0 aliphatic carbocycles. The van der Waals surface area contributed by atoms with Crippen molar-refractivity contribution in [3.05, 3.63) is 49.1 Å². The number of benzene rings is 1. The minimum Gasteiger partial charge on any atom is -0.377 e. The summed E-state index contributed by atoms with van der Waals surface area (Å²) in [7, 11) is 0. The predicted octanol–water partition coefficient (Wildman–Crippen LogP) is 2.27. The van der Waals surface area contributed by atoms with Gasteiger partial charge in [0.25, 0.3) is 0 Å². The molecule has 3 aromatic rings. The Hall–Kier alpha value is -2.36. The number of hydrogen-bond acceptors (Lipinski definition) is 2. The summed E-state index contributed by atoms with van der Waals surface area (Å²) < 4.78 is 0. The second-order valence-corrected chi connectivity index (χ2v) is 3.35. The Balaban J connectivity index is 2.07. The molecule has 0 radical (unpaired) electrons. The maximum atomic E-state index is 4.19. The van der Waals surface area contributed by atoms with Gasteiger partial charge >= 0.3 is 0 Å². The first-order valence-corrected chi connectivity index (χ1v) is 4.95. The van der Waals surface area contributed by atoms with E-state index in [9.17, 15) is 0 Å². The van der Waals surface area contributed by atoms with E-state index in [0.29, 0.717) is 0 Å². The molecule has 2 aromatic heterocycles. The zero-order valence-electron chi connectivity index (χ0n) is 8.44. The van der Waals surface area contributed by atoms with Crippen molar-refractivity contribution in [2.75, 3.05) is 0 Å². The highest BCUT2D eigenvalue weighted by molar-refractivity contribution is 5.64. The van der Waals surface area contributed by atoms with Gasteiger partial charge < -0.3 is 9.97 Å². The largest absolute Gasteiger partial charge is 0.377 e. The van der Waals surface area contributed by atoms with Crippen LogP contribution < -0.4 is 0 Å². The normalized spacial score (nSPS) is 10.5. The Bertz CT molecular complexity index is 517. The van der Waals surface area contributed by atoms with E-state index in [1.54, 1.807) is 24.8 Å². The molecular weight excluding hydrogens is 200 g/mol. The SMILES string of the molecule is [c-]1c(-c2ncc[nH]2)cccc1-c1ncc[nH]1. The van der Waals surface area contributed by atoms with Crippen molar-refractivity contribution in [1.29, 1.82) is 0 Å². The second kappa shape index (κ2) is 3.66. The first kappa shape index (κ1) is 8.91. The molecule has 0 fully saturated rings. The van der Waals surface area contributed by atoms with Gasteiger partial charge in [-0.05, 0) is 0 Å². The Morgan fingerprint density at radius 2 is 1.44 bits per heavy atom. The molecule has 0 aliphatic rings. The molecule has 3 rings (SSSR count). The van der Waals surface area contributed by atoms with Crippen molar-refractivity contribution < 1.29 is 0 Å². The van der Waals surface area contributed by atoms with Crippen LogP contribution in [0.1, 0.15) is 0 Å². The Kier molecular flexibility index (Phi) is 2.04. The quantitative estimate of drug-likeness (QED) is 0.636. The maximum Gasteiger partial charge on any atom is 0.0703 e. The summed E-state index contributed by atoms with van der Waals surface area (Å²) in [6.45, 7) is 0. The van der Waals surface area contributed by atoms with Crippen LogP contribution in [0, 0.1) is 6.07 Å². The highest BCUT2D eigenvalue weighted by Gasteiger charge is 1.96. The number of aromatic nitrogens is 4. The van der Waals surface area contributed by atoms with Crippen LogP contribution in [0.3, 0.4) is 0 Å². The zero-order chi connectivity index (χ0) is 10.8. The Morgan fingerprint density at radius 3 is 1.88 bits per heavy atom. The molecule has 0 atom stereocenters. The van der Waals surface area contributed by atoms with Crippen LogP contribution in [0.15, 0.2) is 43.0 Å². The number of aromatic amines is 2. The topological polar surface area (TPSA) is 57.4 Å².